The van der Waals surface area contributed by atoms with Crippen molar-refractivity contribution < 1.29 is 19.1 Å². The number of hydrogen-bond donors (Lipinski definition) is 0. The van der Waals surface area contributed by atoms with Crippen molar-refractivity contribution in [3.05, 3.63) is 11.6 Å². The number of hydrogen-bond acceptors (Lipinski definition) is 4. The Hall–Kier alpha value is -1.32. The molecule has 0 heterocycles. The number of ether oxygens (including phenoxy) is 2. The fourth-order valence-electron chi connectivity index (χ4n) is 3.56. The zero-order chi connectivity index (χ0) is 21.6. The summed E-state index contributed by atoms with van der Waals surface area (Å²) < 4.78 is 10.8. The molecule has 0 bridgehead atoms. The molecule has 0 N–H and O–H groups in total. The van der Waals surface area contributed by atoms with E-state index in [0.717, 1.165) is 32.1 Å². The molecule has 4 nitrogen and oxygen atoms in total. The summed E-state index contributed by atoms with van der Waals surface area (Å²) in [7, 11) is 0. The van der Waals surface area contributed by atoms with Gasteiger partial charge in [-0.1, -0.05) is 78.9 Å². The van der Waals surface area contributed by atoms with Crippen LogP contribution in [0.25, 0.3) is 0 Å². The van der Waals surface area contributed by atoms with Crippen LogP contribution in [0.1, 0.15) is 99.8 Å². The lowest BCUT2D eigenvalue weighted by molar-refractivity contribution is -0.158. The molecule has 0 aliphatic carbocycles. The van der Waals surface area contributed by atoms with Crippen molar-refractivity contribution in [2.75, 3.05) is 13.2 Å². The van der Waals surface area contributed by atoms with Gasteiger partial charge in [0.15, 0.2) is 0 Å². The summed E-state index contributed by atoms with van der Waals surface area (Å²) in [6, 6.07) is 0. The van der Waals surface area contributed by atoms with E-state index in [9.17, 15) is 9.59 Å². The van der Waals surface area contributed by atoms with Gasteiger partial charge in [-0.05, 0) is 37.5 Å². The molecule has 2 unspecified atom stereocenters. The fraction of sp³-hybridized carbons (Fsp3) is 0.833. The third-order valence-corrected chi connectivity index (χ3v) is 5.13. The van der Waals surface area contributed by atoms with Gasteiger partial charge in [-0.3, -0.25) is 9.59 Å². The van der Waals surface area contributed by atoms with Crippen LogP contribution in [0.15, 0.2) is 11.6 Å². The van der Waals surface area contributed by atoms with Crippen LogP contribution in [-0.2, 0) is 19.1 Å². The highest BCUT2D eigenvalue weighted by atomic mass is 16.5. The first-order valence-corrected chi connectivity index (χ1v) is 11.2. The monoisotopic (exact) mass is 396 g/mol. The van der Waals surface area contributed by atoms with Gasteiger partial charge in [0.25, 0.3) is 0 Å². The zero-order valence-corrected chi connectivity index (χ0v) is 19.4. The predicted octanol–water partition coefficient (Wildman–Crippen LogP) is 6.48. The van der Waals surface area contributed by atoms with Gasteiger partial charge < -0.3 is 9.47 Å². The maximum absolute atomic E-state index is 12.8. The average molecular weight is 397 g/mol. The van der Waals surface area contributed by atoms with Crippen molar-refractivity contribution in [2.24, 2.45) is 17.3 Å². The summed E-state index contributed by atoms with van der Waals surface area (Å²) in [6.07, 6.45) is 9.22. The molecule has 0 aliphatic rings. The number of carbonyl (C=O) groups is 2. The van der Waals surface area contributed by atoms with Gasteiger partial charge in [0.05, 0.1) is 25.6 Å². The molecule has 2 atom stereocenters. The van der Waals surface area contributed by atoms with E-state index in [0.29, 0.717) is 19.1 Å². The lowest BCUT2D eigenvalue weighted by Gasteiger charge is -2.30. The Morgan fingerprint density at radius 1 is 0.929 bits per heavy atom. The lowest BCUT2D eigenvalue weighted by Crippen LogP contribution is -2.34. The molecule has 4 heteroatoms. The van der Waals surface area contributed by atoms with E-state index < -0.39 is 11.3 Å². The van der Waals surface area contributed by atoms with Crippen molar-refractivity contribution in [2.45, 2.75) is 99.8 Å². The number of unbranched alkanes of at least 4 members (excludes halogenated alkanes) is 2. The Morgan fingerprint density at radius 3 is 2.04 bits per heavy atom. The van der Waals surface area contributed by atoms with Crippen LogP contribution in [0.3, 0.4) is 0 Å². The molecule has 0 aliphatic heterocycles. The molecule has 0 aromatic heterocycles. The van der Waals surface area contributed by atoms with Gasteiger partial charge in [-0.2, -0.15) is 0 Å². The average Bonchev–Trinajstić information content (AvgIpc) is 2.59. The lowest BCUT2D eigenvalue weighted by atomic mass is 9.75. The highest BCUT2D eigenvalue weighted by Gasteiger charge is 2.37. The van der Waals surface area contributed by atoms with Gasteiger partial charge >= 0.3 is 11.9 Å². The van der Waals surface area contributed by atoms with Crippen molar-refractivity contribution in [3.8, 4) is 0 Å². The van der Waals surface area contributed by atoms with E-state index >= 15 is 0 Å². The largest absolute Gasteiger partial charge is 0.466 e. The Bertz CT molecular complexity index is 479. The van der Waals surface area contributed by atoms with Crippen molar-refractivity contribution in [1.82, 2.24) is 0 Å². The quantitative estimate of drug-likeness (QED) is 0.181. The Kier molecular flexibility index (Phi) is 14.0. The van der Waals surface area contributed by atoms with E-state index in [1.165, 1.54) is 18.4 Å². The normalized spacial score (nSPS) is 14.5. The van der Waals surface area contributed by atoms with Gasteiger partial charge in [0.1, 0.15) is 0 Å². The minimum atomic E-state index is -0.532. The van der Waals surface area contributed by atoms with E-state index in [1.807, 2.05) is 13.8 Å². The van der Waals surface area contributed by atoms with Gasteiger partial charge in [0, 0.05) is 0 Å². The highest BCUT2D eigenvalue weighted by molar-refractivity contribution is 5.81. The van der Waals surface area contributed by atoms with Crippen LogP contribution in [-0.4, -0.2) is 25.2 Å². The standard InChI is InChI=1S/C24H44O4/c1-8-11-14-27-22(25)17-21(23(26)28-15-12-9-2)24(6,7)18-20(5)16-19(4)13-10-3/h18-19,21H,8-17H2,1-7H3/b20-18+. The van der Waals surface area contributed by atoms with Crippen LogP contribution in [0, 0.1) is 17.3 Å². The number of rotatable bonds is 15. The topological polar surface area (TPSA) is 52.6 Å². The molecule has 0 aromatic carbocycles. The van der Waals surface area contributed by atoms with E-state index in [1.54, 1.807) is 0 Å². The van der Waals surface area contributed by atoms with Crippen molar-refractivity contribution >= 4 is 11.9 Å². The van der Waals surface area contributed by atoms with Crippen LogP contribution in [0.5, 0.6) is 0 Å². The maximum atomic E-state index is 12.8. The molecule has 0 saturated heterocycles. The van der Waals surface area contributed by atoms with Gasteiger partial charge in [0.2, 0.25) is 0 Å². The first-order valence-electron chi connectivity index (χ1n) is 11.2. The number of allylic oxidation sites excluding steroid dienone is 2. The molecule has 0 rings (SSSR count). The minimum absolute atomic E-state index is 0.0654. The summed E-state index contributed by atoms with van der Waals surface area (Å²) in [5.74, 6) is -0.526. The van der Waals surface area contributed by atoms with Crippen molar-refractivity contribution in [3.63, 3.8) is 0 Å². The molecule has 0 saturated carbocycles. The molecule has 28 heavy (non-hydrogen) atoms. The predicted molar refractivity (Wildman–Crippen MR) is 116 cm³/mol. The third kappa shape index (κ3) is 11.5. The Labute approximate surface area is 173 Å². The Morgan fingerprint density at radius 2 is 1.50 bits per heavy atom. The van der Waals surface area contributed by atoms with Gasteiger partial charge in [-0.25, -0.2) is 0 Å². The van der Waals surface area contributed by atoms with Crippen LogP contribution >= 0.6 is 0 Å². The first-order chi connectivity index (χ1) is 13.2. The first kappa shape index (κ1) is 26.7. The summed E-state index contributed by atoms with van der Waals surface area (Å²) >= 11 is 0. The molecule has 0 spiro atoms. The van der Waals surface area contributed by atoms with Crippen LogP contribution < -0.4 is 0 Å². The van der Waals surface area contributed by atoms with E-state index in [2.05, 4.69) is 40.7 Å². The molecule has 0 amide bonds. The zero-order valence-electron chi connectivity index (χ0n) is 19.4. The molecule has 164 valence electrons. The highest BCUT2D eigenvalue weighted by Crippen LogP contribution is 2.35. The number of esters is 2. The summed E-state index contributed by atoms with van der Waals surface area (Å²) in [6.45, 7) is 15.5. The second-order valence-corrected chi connectivity index (χ2v) is 8.76. The summed E-state index contributed by atoms with van der Waals surface area (Å²) in [5.41, 5.74) is 0.792. The Balaban J connectivity index is 5.25. The SMILES string of the molecule is CCCCOC(=O)CC(C(=O)OCCCC)C(C)(C)/C=C(\C)CC(C)CCC. The number of carbonyl (C=O) groups excluding carboxylic acids is 2. The van der Waals surface area contributed by atoms with Crippen molar-refractivity contribution in [1.29, 1.82) is 0 Å². The summed E-state index contributed by atoms with van der Waals surface area (Å²) in [5, 5.41) is 0. The van der Waals surface area contributed by atoms with Gasteiger partial charge in [-0.15, -0.1) is 0 Å². The third-order valence-electron chi connectivity index (χ3n) is 5.13. The molecule has 0 aromatic rings. The minimum Gasteiger partial charge on any atom is -0.466 e. The van der Waals surface area contributed by atoms with E-state index in [-0.39, 0.29) is 18.4 Å². The molecular weight excluding hydrogens is 352 g/mol. The smallest absolute Gasteiger partial charge is 0.310 e. The molecule has 0 fully saturated rings. The van der Waals surface area contributed by atoms with E-state index in [4.69, 9.17) is 9.47 Å². The van der Waals surface area contributed by atoms with Crippen LogP contribution in [0.4, 0.5) is 0 Å². The molecule has 0 radical (unpaired) electrons. The second kappa shape index (κ2) is 14.6. The maximum Gasteiger partial charge on any atom is 0.310 e. The second-order valence-electron chi connectivity index (χ2n) is 8.76. The fourth-order valence-corrected chi connectivity index (χ4v) is 3.56. The summed E-state index contributed by atoms with van der Waals surface area (Å²) in [4.78, 5) is 25.1. The van der Waals surface area contributed by atoms with Crippen LogP contribution in [0.2, 0.25) is 0 Å². The molecular formula is C24H44O4.